The lowest BCUT2D eigenvalue weighted by Gasteiger charge is -2.20. The molecule has 82 valence electrons. The number of methoxy groups -OCH3 is 1. The lowest BCUT2D eigenvalue weighted by atomic mass is 9.86. The van der Waals surface area contributed by atoms with Crippen molar-refractivity contribution in [2.24, 2.45) is 29.6 Å². The van der Waals surface area contributed by atoms with Crippen LogP contribution in [0.4, 0.5) is 0 Å². The van der Waals surface area contributed by atoms with Gasteiger partial charge in [-0.1, -0.05) is 18.6 Å². The Morgan fingerprint density at radius 3 is 2.87 bits per heavy atom. The van der Waals surface area contributed by atoms with Gasteiger partial charge in [0.15, 0.2) is 0 Å². The smallest absolute Gasteiger partial charge is 0.309 e. The summed E-state index contributed by atoms with van der Waals surface area (Å²) in [5, 5.41) is 0. The maximum Gasteiger partial charge on any atom is 0.309 e. The quantitative estimate of drug-likeness (QED) is 0.486. The van der Waals surface area contributed by atoms with E-state index in [0.717, 1.165) is 12.3 Å². The van der Waals surface area contributed by atoms with Crippen molar-refractivity contribution in [3.63, 3.8) is 0 Å². The van der Waals surface area contributed by atoms with E-state index in [0.29, 0.717) is 17.8 Å². The molecule has 0 saturated heterocycles. The molecule has 2 heteroatoms. The molecule has 0 amide bonds. The van der Waals surface area contributed by atoms with Gasteiger partial charge in [0.05, 0.1) is 13.0 Å². The lowest BCUT2D eigenvalue weighted by Crippen LogP contribution is -2.26. The van der Waals surface area contributed by atoms with Crippen molar-refractivity contribution in [2.75, 3.05) is 7.11 Å². The number of hydrogen-bond donors (Lipinski definition) is 0. The highest BCUT2D eigenvalue weighted by Crippen LogP contribution is 2.57. The molecule has 0 heterocycles. The summed E-state index contributed by atoms with van der Waals surface area (Å²) in [5.41, 5.74) is 0. The molecular weight excluding hydrogens is 188 g/mol. The Hall–Kier alpha value is -0.790. The van der Waals surface area contributed by atoms with E-state index in [9.17, 15) is 4.79 Å². The van der Waals surface area contributed by atoms with E-state index < -0.39 is 0 Å². The highest BCUT2D eigenvalue weighted by molar-refractivity contribution is 5.74. The Labute approximate surface area is 90.7 Å². The third-order valence-electron chi connectivity index (χ3n) is 4.78. The monoisotopic (exact) mass is 206 g/mol. The minimum absolute atomic E-state index is 0.0445. The fourth-order valence-corrected chi connectivity index (χ4v) is 4.28. The number of hydrogen-bond acceptors (Lipinski definition) is 2. The molecule has 3 unspecified atom stereocenters. The van der Waals surface area contributed by atoms with Crippen molar-refractivity contribution < 1.29 is 9.53 Å². The number of carbonyl (C=O) groups is 1. The normalized spacial score (nSPS) is 46.6. The molecule has 0 aromatic carbocycles. The first-order chi connectivity index (χ1) is 7.33. The van der Waals surface area contributed by atoms with Gasteiger partial charge in [0.25, 0.3) is 0 Å². The summed E-state index contributed by atoms with van der Waals surface area (Å²) in [6.45, 7) is 0. The van der Waals surface area contributed by atoms with Crippen LogP contribution in [0.5, 0.6) is 0 Å². The van der Waals surface area contributed by atoms with E-state index in [1.807, 2.05) is 0 Å². The Kier molecular flexibility index (Phi) is 2.11. The molecule has 0 bridgehead atoms. The summed E-state index contributed by atoms with van der Waals surface area (Å²) in [7, 11) is 1.53. The van der Waals surface area contributed by atoms with Gasteiger partial charge in [-0.15, -0.1) is 0 Å². The fraction of sp³-hybridized carbons (Fsp3) is 0.769. The van der Waals surface area contributed by atoms with Gasteiger partial charge in [-0.3, -0.25) is 4.79 Å². The predicted molar refractivity (Wildman–Crippen MR) is 57.1 cm³/mol. The van der Waals surface area contributed by atoms with E-state index in [1.165, 1.54) is 26.4 Å². The molecule has 3 aliphatic rings. The van der Waals surface area contributed by atoms with Crippen molar-refractivity contribution >= 4 is 5.97 Å². The standard InChI is InChI=1S/C13H18O2/c1-15-13(14)12-10-6-2-4-8(10)9-5-3-7-11(9)12/h2,4,8-12H,3,5-7H2,1H3/t8-,9?,10-,11?,12?/m1/s1. The molecule has 2 saturated carbocycles. The van der Waals surface area contributed by atoms with Crippen LogP contribution in [0.25, 0.3) is 0 Å². The van der Waals surface area contributed by atoms with E-state index in [1.54, 1.807) is 0 Å². The number of fused-ring (bicyclic) bond motifs is 3. The summed E-state index contributed by atoms with van der Waals surface area (Å²) in [4.78, 5) is 11.8. The molecule has 0 aromatic rings. The van der Waals surface area contributed by atoms with Crippen LogP contribution in [0, 0.1) is 29.6 Å². The van der Waals surface area contributed by atoms with Gasteiger partial charge in [-0.2, -0.15) is 0 Å². The van der Waals surface area contributed by atoms with Crippen LogP contribution in [-0.4, -0.2) is 13.1 Å². The van der Waals surface area contributed by atoms with Crippen LogP contribution < -0.4 is 0 Å². The van der Waals surface area contributed by atoms with E-state index in [4.69, 9.17) is 4.74 Å². The Bertz CT molecular complexity index is 308. The summed E-state index contributed by atoms with van der Waals surface area (Å²) >= 11 is 0. The van der Waals surface area contributed by atoms with Crippen molar-refractivity contribution in [3.8, 4) is 0 Å². The number of ether oxygens (including phenoxy) is 1. The van der Waals surface area contributed by atoms with Crippen LogP contribution in [0.1, 0.15) is 25.7 Å². The molecule has 3 rings (SSSR count). The second-order valence-electron chi connectivity index (χ2n) is 5.21. The maximum atomic E-state index is 11.8. The molecule has 0 radical (unpaired) electrons. The Balaban J connectivity index is 1.90. The van der Waals surface area contributed by atoms with Gasteiger partial charge in [0.2, 0.25) is 0 Å². The van der Waals surface area contributed by atoms with Crippen LogP contribution in [0.15, 0.2) is 12.2 Å². The molecule has 5 atom stereocenters. The van der Waals surface area contributed by atoms with E-state index >= 15 is 0 Å². The highest BCUT2D eigenvalue weighted by Gasteiger charge is 2.54. The fourth-order valence-electron chi connectivity index (χ4n) is 4.28. The Morgan fingerprint density at radius 2 is 2.07 bits per heavy atom. The predicted octanol–water partition coefficient (Wildman–Crippen LogP) is 2.40. The van der Waals surface area contributed by atoms with Crippen LogP contribution in [0.3, 0.4) is 0 Å². The summed E-state index contributed by atoms with van der Waals surface area (Å²) in [6.07, 6.45) is 9.59. The van der Waals surface area contributed by atoms with Crippen LogP contribution >= 0.6 is 0 Å². The number of rotatable bonds is 1. The van der Waals surface area contributed by atoms with Gasteiger partial charge in [-0.25, -0.2) is 0 Å². The first kappa shape index (κ1) is 9.44. The average Bonchev–Trinajstić information content (AvgIpc) is 2.86. The number of allylic oxidation sites excluding steroid dienone is 2. The third kappa shape index (κ3) is 1.20. The summed E-state index contributed by atoms with van der Waals surface area (Å²) < 4.78 is 4.98. The largest absolute Gasteiger partial charge is 0.469 e. The molecule has 0 spiro atoms. The first-order valence-corrected chi connectivity index (χ1v) is 6.07. The first-order valence-electron chi connectivity index (χ1n) is 6.07. The van der Waals surface area contributed by atoms with Crippen molar-refractivity contribution in [3.05, 3.63) is 12.2 Å². The van der Waals surface area contributed by atoms with E-state index in [-0.39, 0.29) is 11.9 Å². The molecule has 0 aliphatic heterocycles. The minimum Gasteiger partial charge on any atom is -0.469 e. The summed E-state index contributed by atoms with van der Waals surface area (Å²) in [5.74, 6) is 2.88. The van der Waals surface area contributed by atoms with Crippen LogP contribution in [0.2, 0.25) is 0 Å². The van der Waals surface area contributed by atoms with E-state index in [2.05, 4.69) is 12.2 Å². The van der Waals surface area contributed by atoms with Gasteiger partial charge >= 0.3 is 5.97 Å². The van der Waals surface area contributed by atoms with Gasteiger partial charge in [0.1, 0.15) is 0 Å². The Morgan fingerprint density at radius 1 is 1.27 bits per heavy atom. The van der Waals surface area contributed by atoms with Gasteiger partial charge in [0, 0.05) is 0 Å². The third-order valence-corrected chi connectivity index (χ3v) is 4.78. The maximum absolute atomic E-state index is 11.8. The zero-order valence-corrected chi connectivity index (χ0v) is 9.19. The SMILES string of the molecule is COC(=O)C1C2CCCC2[C@H]2C=CC[C@@H]12. The lowest BCUT2D eigenvalue weighted by molar-refractivity contribution is -0.148. The van der Waals surface area contributed by atoms with Gasteiger partial charge in [-0.05, 0) is 42.9 Å². The topological polar surface area (TPSA) is 26.3 Å². The van der Waals surface area contributed by atoms with Crippen molar-refractivity contribution in [2.45, 2.75) is 25.7 Å². The second-order valence-corrected chi connectivity index (χ2v) is 5.21. The van der Waals surface area contributed by atoms with Crippen LogP contribution in [-0.2, 0) is 9.53 Å². The van der Waals surface area contributed by atoms with Gasteiger partial charge < -0.3 is 4.74 Å². The highest BCUT2D eigenvalue weighted by atomic mass is 16.5. The number of carbonyl (C=O) groups excluding carboxylic acids is 1. The molecular formula is C13H18O2. The average molecular weight is 206 g/mol. The zero-order valence-electron chi connectivity index (χ0n) is 9.19. The second kappa shape index (κ2) is 3.36. The molecule has 2 nitrogen and oxygen atoms in total. The molecule has 0 aromatic heterocycles. The molecule has 2 fully saturated rings. The summed E-state index contributed by atoms with van der Waals surface area (Å²) in [6, 6.07) is 0. The molecule has 0 N–H and O–H groups in total. The zero-order chi connectivity index (χ0) is 10.4. The number of esters is 1. The van der Waals surface area contributed by atoms with Crippen molar-refractivity contribution in [1.82, 2.24) is 0 Å². The molecule has 15 heavy (non-hydrogen) atoms. The minimum atomic E-state index is 0.0445. The molecule has 3 aliphatic carbocycles. The van der Waals surface area contributed by atoms with Crippen molar-refractivity contribution in [1.29, 1.82) is 0 Å².